The molecule has 0 bridgehead atoms. The first-order valence-electron chi connectivity index (χ1n) is 11.0. The van der Waals surface area contributed by atoms with E-state index in [0.717, 1.165) is 35.5 Å². The van der Waals surface area contributed by atoms with Crippen LogP contribution in [-0.4, -0.2) is 65.4 Å². The van der Waals surface area contributed by atoms with Crippen molar-refractivity contribution in [3.63, 3.8) is 0 Å². The van der Waals surface area contributed by atoms with Gasteiger partial charge in [0.05, 0.1) is 0 Å². The largest absolute Gasteiger partial charge is 0.334 e. The highest BCUT2D eigenvalue weighted by atomic mass is 32.1. The Morgan fingerprint density at radius 3 is 2.53 bits per heavy atom. The van der Waals surface area contributed by atoms with Gasteiger partial charge in [0, 0.05) is 62.5 Å². The summed E-state index contributed by atoms with van der Waals surface area (Å²) in [7, 11) is 0. The third-order valence-electron chi connectivity index (χ3n) is 6.44. The Balaban J connectivity index is 1.27. The van der Waals surface area contributed by atoms with Gasteiger partial charge in [0.25, 0.3) is 5.91 Å². The van der Waals surface area contributed by atoms with Gasteiger partial charge < -0.3 is 9.80 Å². The molecule has 2 fully saturated rings. The third kappa shape index (κ3) is 4.06. The van der Waals surface area contributed by atoms with Crippen LogP contribution in [0.25, 0.3) is 11.1 Å². The Morgan fingerprint density at radius 2 is 1.81 bits per heavy atom. The Morgan fingerprint density at radius 1 is 1.03 bits per heavy atom. The number of benzene rings is 2. The lowest BCUT2D eigenvalue weighted by molar-refractivity contribution is -0.117. The molecule has 0 N–H and O–H groups in total. The van der Waals surface area contributed by atoms with Crippen LogP contribution in [-0.2, 0) is 4.79 Å². The summed E-state index contributed by atoms with van der Waals surface area (Å²) in [5.74, 6) is 0.182. The van der Waals surface area contributed by atoms with Crippen LogP contribution in [0.1, 0.15) is 21.8 Å². The third-order valence-corrected chi connectivity index (χ3v) is 7.21. The molecule has 2 saturated heterocycles. The molecule has 3 heterocycles. The summed E-state index contributed by atoms with van der Waals surface area (Å²) in [4.78, 5) is 35.9. The molecule has 164 valence electrons. The summed E-state index contributed by atoms with van der Waals surface area (Å²) in [6, 6.07) is 16.8. The molecular weight excluding hydrogens is 420 g/mol. The summed E-state index contributed by atoms with van der Waals surface area (Å²) in [5, 5.41) is 2.38. The molecule has 2 amide bonds. The number of carbonyl (C=O) groups is 2. The quantitative estimate of drug-likeness (QED) is 0.614. The molecular formula is C25H26N4O2S. The van der Waals surface area contributed by atoms with Crippen molar-refractivity contribution in [1.29, 1.82) is 0 Å². The van der Waals surface area contributed by atoms with Crippen LogP contribution in [0, 0.1) is 6.92 Å². The zero-order valence-electron chi connectivity index (χ0n) is 18.1. The van der Waals surface area contributed by atoms with Gasteiger partial charge in [-0.25, -0.2) is 4.98 Å². The van der Waals surface area contributed by atoms with Crippen LogP contribution >= 0.6 is 11.3 Å². The van der Waals surface area contributed by atoms with Crippen LogP contribution in [0.15, 0.2) is 60.1 Å². The predicted octanol–water partition coefficient (Wildman–Crippen LogP) is 3.68. The van der Waals surface area contributed by atoms with E-state index in [4.69, 9.17) is 0 Å². The second-order valence-corrected chi connectivity index (χ2v) is 9.29. The Labute approximate surface area is 192 Å². The number of rotatable bonds is 4. The van der Waals surface area contributed by atoms with Crippen molar-refractivity contribution in [2.45, 2.75) is 19.4 Å². The van der Waals surface area contributed by atoms with Crippen molar-refractivity contribution in [3.05, 3.63) is 70.7 Å². The van der Waals surface area contributed by atoms with E-state index in [2.05, 4.69) is 47.1 Å². The van der Waals surface area contributed by atoms with E-state index in [0.29, 0.717) is 31.1 Å². The van der Waals surface area contributed by atoms with E-state index in [-0.39, 0.29) is 17.9 Å². The lowest BCUT2D eigenvalue weighted by atomic mass is 10.0. The van der Waals surface area contributed by atoms with Gasteiger partial charge in [0.15, 0.2) is 5.01 Å². The molecule has 0 aliphatic carbocycles. The first-order valence-corrected chi connectivity index (χ1v) is 11.9. The Kier molecular flexibility index (Phi) is 5.76. The molecule has 6 nitrogen and oxygen atoms in total. The Hall–Kier alpha value is -3.03. The van der Waals surface area contributed by atoms with Crippen molar-refractivity contribution in [3.8, 4) is 11.1 Å². The lowest BCUT2D eigenvalue weighted by Gasteiger charge is -2.37. The topological polar surface area (TPSA) is 56.8 Å². The summed E-state index contributed by atoms with van der Waals surface area (Å²) in [6.07, 6.45) is 2.19. The molecule has 5 rings (SSSR count). The molecule has 1 aromatic heterocycles. The predicted molar refractivity (Wildman–Crippen MR) is 127 cm³/mol. The molecule has 2 aliphatic heterocycles. The van der Waals surface area contributed by atoms with Gasteiger partial charge in [-0.1, -0.05) is 42.5 Å². The smallest absolute Gasteiger partial charge is 0.282 e. The minimum absolute atomic E-state index is 0.0112. The van der Waals surface area contributed by atoms with Gasteiger partial charge in [-0.2, -0.15) is 0 Å². The lowest BCUT2D eigenvalue weighted by Crippen LogP contribution is -2.52. The number of thiazole rings is 1. The number of anilines is 1. The standard InChI is InChI=1S/C25H26N4O2S/c1-18-7-8-20(19-5-3-2-4-6-19)15-22(18)29-17-21(16-23(29)30)27-10-12-28(13-11-27)25(31)24-26-9-14-32-24/h2-9,14-15,21H,10-13,16-17H2,1H3. The molecule has 1 unspecified atom stereocenters. The van der Waals surface area contributed by atoms with E-state index < -0.39 is 0 Å². The minimum atomic E-state index is 0.0112. The molecule has 0 radical (unpaired) electrons. The van der Waals surface area contributed by atoms with Crippen molar-refractivity contribution in [1.82, 2.24) is 14.8 Å². The highest BCUT2D eigenvalue weighted by Crippen LogP contribution is 2.32. The average molecular weight is 447 g/mol. The van der Waals surface area contributed by atoms with E-state index >= 15 is 0 Å². The maximum Gasteiger partial charge on any atom is 0.282 e. The number of hydrogen-bond acceptors (Lipinski definition) is 5. The van der Waals surface area contributed by atoms with Gasteiger partial charge >= 0.3 is 0 Å². The SMILES string of the molecule is Cc1ccc(-c2ccccc2)cc1N1CC(N2CCN(C(=O)c3nccs3)CC2)CC1=O. The summed E-state index contributed by atoms with van der Waals surface area (Å²) in [5.41, 5.74) is 4.38. The Bertz CT molecular complexity index is 1110. The van der Waals surface area contributed by atoms with E-state index in [1.807, 2.05) is 33.4 Å². The summed E-state index contributed by atoms with van der Waals surface area (Å²) in [6.45, 7) is 5.67. The fourth-order valence-corrected chi connectivity index (χ4v) is 5.23. The number of aromatic nitrogens is 1. The maximum absolute atomic E-state index is 13.0. The second kappa shape index (κ2) is 8.84. The normalized spacial score (nSPS) is 19.5. The molecule has 1 atom stereocenters. The molecule has 0 spiro atoms. The van der Waals surface area contributed by atoms with Crippen LogP contribution < -0.4 is 4.90 Å². The highest BCUT2D eigenvalue weighted by Gasteiger charge is 2.37. The van der Waals surface area contributed by atoms with Crippen LogP contribution in [0.4, 0.5) is 5.69 Å². The maximum atomic E-state index is 13.0. The van der Waals surface area contributed by atoms with Crippen molar-refractivity contribution >= 4 is 28.8 Å². The number of amides is 2. The van der Waals surface area contributed by atoms with E-state index in [9.17, 15) is 9.59 Å². The van der Waals surface area contributed by atoms with Crippen LogP contribution in [0.3, 0.4) is 0 Å². The van der Waals surface area contributed by atoms with Crippen molar-refractivity contribution in [2.75, 3.05) is 37.6 Å². The molecule has 32 heavy (non-hydrogen) atoms. The van der Waals surface area contributed by atoms with Gasteiger partial charge in [0.2, 0.25) is 5.91 Å². The fraction of sp³-hybridized carbons (Fsp3) is 0.320. The highest BCUT2D eigenvalue weighted by molar-refractivity contribution is 7.11. The number of piperazine rings is 1. The van der Waals surface area contributed by atoms with Crippen LogP contribution in [0.2, 0.25) is 0 Å². The van der Waals surface area contributed by atoms with Crippen molar-refractivity contribution in [2.24, 2.45) is 0 Å². The number of hydrogen-bond donors (Lipinski definition) is 0. The first-order chi connectivity index (χ1) is 15.6. The zero-order valence-corrected chi connectivity index (χ0v) is 18.9. The summed E-state index contributed by atoms with van der Waals surface area (Å²) < 4.78 is 0. The van der Waals surface area contributed by atoms with Crippen molar-refractivity contribution < 1.29 is 9.59 Å². The molecule has 2 aromatic carbocycles. The van der Waals surface area contributed by atoms with E-state index in [1.54, 1.807) is 6.20 Å². The number of nitrogens with zero attached hydrogens (tertiary/aromatic N) is 4. The fourth-order valence-electron chi connectivity index (χ4n) is 4.63. The molecule has 2 aliphatic rings. The number of aryl methyl sites for hydroxylation is 1. The first kappa shape index (κ1) is 20.8. The number of carbonyl (C=O) groups excluding carboxylic acids is 2. The van der Waals surface area contributed by atoms with E-state index in [1.165, 1.54) is 11.3 Å². The zero-order chi connectivity index (χ0) is 22.1. The molecule has 0 saturated carbocycles. The van der Waals surface area contributed by atoms with Crippen LogP contribution in [0.5, 0.6) is 0 Å². The monoisotopic (exact) mass is 446 g/mol. The second-order valence-electron chi connectivity index (χ2n) is 8.40. The van der Waals surface area contributed by atoms with Gasteiger partial charge in [-0.3, -0.25) is 14.5 Å². The summed E-state index contributed by atoms with van der Waals surface area (Å²) >= 11 is 1.38. The average Bonchev–Trinajstić information content (AvgIpc) is 3.50. The van der Waals surface area contributed by atoms with Gasteiger partial charge in [-0.05, 0) is 29.7 Å². The molecule has 7 heteroatoms. The minimum Gasteiger partial charge on any atom is -0.334 e. The van der Waals surface area contributed by atoms with Gasteiger partial charge in [0.1, 0.15) is 0 Å². The van der Waals surface area contributed by atoms with Gasteiger partial charge in [-0.15, -0.1) is 11.3 Å². The molecule has 3 aromatic rings.